The number of anilines is 1. The minimum atomic E-state index is -3.78. The van der Waals surface area contributed by atoms with Gasteiger partial charge in [0, 0.05) is 16.2 Å². The molecule has 0 radical (unpaired) electrons. The maximum absolute atomic E-state index is 12.7. The van der Waals surface area contributed by atoms with Crippen LogP contribution in [-0.4, -0.2) is 27.0 Å². The molecule has 1 heterocycles. The molecule has 2 N–H and O–H groups in total. The van der Waals surface area contributed by atoms with Crippen molar-refractivity contribution in [2.24, 2.45) is 5.14 Å². The Labute approximate surface area is 165 Å². The van der Waals surface area contributed by atoms with Gasteiger partial charge in [-0.25, -0.2) is 13.6 Å². The van der Waals surface area contributed by atoms with Crippen molar-refractivity contribution in [1.82, 2.24) is 0 Å². The van der Waals surface area contributed by atoms with Crippen LogP contribution in [0.4, 0.5) is 5.69 Å². The summed E-state index contributed by atoms with van der Waals surface area (Å²) in [7, 11) is -3.78. The van der Waals surface area contributed by atoms with Gasteiger partial charge in [0.1, 0.15) is 5.75 Å². The lowest BCUT2D eigenvalue weighted by Gasteiger charge is -2.23. The Balaban J connectivity index is 1.79. The summed E-state index contributed by atoms with van der Waals surface area (Å²) in [6.07, 6.45) is 0.545. The van der Waals surface area contributed by atoms with Crippen LogP contribution in [-0.2, 0) is 21.2 Å². The largest absolute Gasteiger partial charge is 0.482 e. The number of hydrogen-bond acceptors (Lipinski definition) is 4. The highest BCUT2D eigenvalue weighted by Gasteiger charge is 2.32. The van der Waals surface area contributed by atoms with Gasteiger partial charge in [0.05, 0.1) is 9.92 Å². The van der Waals surface area contributed by atoms with Crippen LogP contribution in [0.1, 0.15) is 12.5 Å². The van der Waals surface area contributed by atoms with Crippen molar-refractivity contribution < 1.29 is 17.9 Å². The Bertz CT molecular complexity index is 981. The average molecular weight is 460 g/mol. The smallest absolute Gasteiger partial charge is 0.265 e. The normalized spacial score (nSPS) is 16.5. The Hall–Kier alpha value is -1.61. The third-order valence-corrected chi connectivity index (χ3v) is 5.81. The van der Waals surface area contributed by atoms with E-state index in [9.17, 15) is 13.2 Å². The Kier molecular flexibility index (Phi) is 5.30. The van der Waals surface area contributed by atoms with Gasteiger partial charge in [-0.1, -0.05) is 27.5 Å². The zero-order valence-corrected chi connectivity index (χ0v) is 16.9. The first-order valence-electron chi connectivity index (χ1n) is 7.72. The van der Waals surface area contributed by atoms with Gasteiger partial charge < -0.3 is 9.64 Å². The fourth-order valence-corrected chi connectivity index (χ4v) is 4.26. The number of carbonyl (C=O) groups is 1. The number of rotatable bonds is 4. The van der Waals surface area contributed by atoms with E-state index in [4.69, 9.17) is 21.5 Å². The first kappa shape index (κ1) is 19.2. The topological polar surface area (TPSA) is 89.7 Å². The van der Waals surface area contributed by atoms with Gasteiger partial charge in [0.15, 0.2) is 6.61 Å². The number of hydrogen-bond donors (Lipinski definition) is 1. The fourth-order valence-electron chi connectivity index (χ4n) is 2.97. The van der Waals surface area contributed by atoms with E-state index in [2.05, 4.69) is 15.9 Å². The lowest BCUT2D eigenvalue weighted by molar-refractivity contribution is -0.120. The Morgan fingerprint density at radius 2 is 2.08 bits per heavy atom. The van der Waals surface area contributed by atoms with Crippen molar-refractivity contribution in [3.63, 3.8) is 0 Å². The molecule has 26 heavy (non-hydrogen) atoms. The summed E-state index contributed by atoms with van der Waals surface area (Å²) in [5, 5.41) is 5.58. The number of sulfonamides is 1. The quantitative estimate of drug-likeness (QED) is 0.761. The van der Waals surface area contributed by atoms with Gasteiger partial charge in [-0.3, -0.25) is 4.79 Å². The van der Waals surface area contributed by atoms with Gasteiger partial charge in [-0.05, 0) is 55.3 Å². The summed E-state index contributed by atoms with van der Waals surface area (Å²) in [6, 6.07) is 9.54. The van der Waals surface area contributed by atoms with E-state index < -0.39 is 10.0 Å². The zero-order chi connectivity index (χ0) is 19.1. The van der Waals surface area contributed by atoms with E-state index >= 15 is 0 Å². The van der Waals surface area contributed by atoms with Crippen molar-refractivity contribution in [2.75, 3.05) is 11.5 Å². The van der Waals surface area contributed by atoms with Gasteiger partial charge >= 0.3 is 0 Å². The molecule has 138 valence electrons. The molecule has 0 aromatic heterocycles. The molecule has 1 unspecified atom stereocenters. The van der Waals surface area contributed by atoms with E-state index in [0.717, 1.165) is 10.0 Å². The molecule has 0 aliphatic carbocycles. The van der Waals surface area contributed by atoms with Crippen LogP contribution in [0.15, 0.2) is 45.8 Å². The zero-order valence-electron chi connectivity index (χ0n) is 13.8. The SMILES string of the molecule is CC1Cc2cc(S(N)(=O)=O)ccc2N1C(=O)COc1ccc(Br)cc1Cl. The molecule has 3 rings (SSSR count). The van der Waals surface area contributed by atoms with E-state index in [-0.39, 0.29) is 23.5 Å². The predicted octanol–water partition coefficient (Wildman–Crippen LogP) is 3.11. The van der Waals surface area contributed by atoms with Crippen LogP contribution in [0.2, 0.25) is 5.02 Å². The number of benzene rings is 2. The molecule has 1 aliphatic rings. The highest BCUT2D eigenvalue weighted by Crippen LogP contribution is 2.34. The number of ether oxygens (including phenoxy) is 1. The molecule has 9 heteroatoms. The second-order valence-electron chi connectivity index (χ2n) is 6.02. The second kappa shape index (κ2) is 7.19. The fraction of sp³-hybridized carbons (Fsp3) is 0.235. The molecule has 6 nitrogen and oxygen atoms in total. The lowest BCUT2D eigenvalue weighted by Crippen LogP contribution is -2.39. The lowest BCUT2D eigenvalue weighted by atomic mass is 10.1. The number of amides is 1. The maximum atomic E-state index is 12.7. The van der Waals surface area contributed by atoms with Crippen LogP contribution in [0, 0.1) is 0 Å². The number of halogens is 2. The van der Waals surface area contributed by atoms with Crippen LogP contribution >= 0.6 is 27.5 Å². The molecule has 1 atom stereocenters. The highest BCUT2D eigenvalue weighted by atomic mass is 79.9. The minimum Gasteiger partial charge on any atom is -0.482 e. The second-order valence-corrected chi connectivity index (χ2v) is 8.90. The summed E-state index contributed by atoms with van der Waals surface area (Å²) in [5.74, 6) is 0.179. The third kappa shape index (κ3) is 3.88. The standard InChI is InChI=1S/C17H16BrClN2O4S/c1-10-6-11-7-13(26(20,23)24)3-4-15(11)21(10)17(22)9-25-16-5-2-12(18)8-14(16)19/h2-5,7-8,10H,6,9H2,1H3,(H2,20,23,24). The number of fused-ring (bicyclic) bond motifs is 1. The van der Waals surface area contributed by atoms with Gasteiger partial charge in [0.25, 0.3) is 5.91 Å². The summed E-state index contributed by atoms with van der Waals surface area (Å²) in [4.78, 5) is 14.3. The summed E-state index contributed by atoms with van der Waals surface area (Å²) in [6.45, 7) is 1.71. The molecule has 1 aliphatic heterocycles. The highest BCUT2D eigenvalue weighted by molar-refractivity contribution is 9.10. The molecule has 1 amide bonds. The Morgan fingerprint density at radius 3 is 2.73 bits per heavy atom. The monoisotopic (exact) mass is 458 g/mol. The van der Waals surface area contributed by atoms with E-state index in [1.807, 2.05) is 6.92 Å². The first-order chi connectivity index (χ1) is 12.2. The van der Waals surface area contributed by atoms with Crippen molar-refractivity contribution in [2.45, 2.75) is 24.3 Å². The molecule has 0 fully saturated rings. The van der Waals surface area contributed by atoms with E-state index in [0.29, 0.717) is 22.9 Å². The predicted molar refractivity (Wildman–Crippen MR) is 103 cm³/mol. The van der Waals surface area contributed by atoms with Gasteiger partial charge in [-0.2, -0.15) is 0 Å². The summed E-state index contributed by atoms with van der Waals surface area (Å²) in [5.41, 5.74) is 1.43. The molecular formula is C17H16BrClN2O4S. The molecular weight excluding hydrogens is 444 g/mol. The van der Waals surface area contributed by atoms with E-state index in [1.54, 1.807) is 29.2 Å². The molecule has 0 saturated heterocycles. The summed E-state index contributed by atoms with van der Waals surface area (Å²) < 4.78 is 29.4. The summed E-state index contributed by atoms with van der Waals surface area (Å²) >= 11 is 9.40. The van der Waals surface area contributed by atoms with Crippen LogP contribution in [0.3, 0.4) is 0 Å². The Morgan fingerprint density at radius 1 is 1.35 bits per heavy atom. The average Bonchev–Trinajstić information content (AvgIpc) is 2.88. The first-order valence-corrected chi connectivity index (χ1v) is 10.4. The number of carbonyl (C=O) groups excluding carboxylic acids is 1. The van der Waals surface area contributed by atoms with Crippen LogP contribution in [0.25, 0.3) is 0 Å². The van der Waals surface area contributed by atoms with Crippen LogP contribution in [0.5, 0.6) is 5.75 Å². The molecule has 0 spiro atoms. The van der Waals surface area contributed by atoms with Gasteiger partial charge in [-0.15, -0.1) is 0 Å². The number of nitrogens with two attached hydrogens (primary N) is 1. The van der Waals surface area contributed by atoms with Crippen molar-refractivity contribution in [3.8, 4) is 5.75 Å². The molecule has 2 aromatic carbocycles. The molecule has 0 bridgehead atoms. The van der Waals surface area contributed by atoms with Gasteiger partial charge in [0.2, 0.25) is 10.0 Å². The number of nitrogens with zero attached hydrogens (tertiary/aromatic N) is 1. The maximum Gasteiger partial charge on any atom is 0.265 e. The van der Waals surface area contributed by atoms with Crippen LogP contribution < -0.4 is 14.8 Å². The van der Waals surface area contributed by atoms with Crippen molar-refractivity contribution in [1.29, 1.82) is 0 Å². The third-order valence-electron chi connectivity index (χ3n) is 4.11. The van der Waals surface area contributed by atoms with Crippen molar-refractivity contribution in [3.05, 3.63) is 51.5 Å². The van der Waals surface area contributed by atoms with E-state index in [1.165, 1.54) is 12.1 Å². The number of primary sulfonamides is 1. The van der Waals surface area contributed by atoms with Crippen molar-refractivity contribution >= 4 is 49.1 Å². The minimum absolute atomic E-state index is 0.0376. The molecule has 2 aromatic rings. The molecule has 0 saturated carbocycles.